The Hall–Kier alpha value is -4.53. The van der Waals surface area contributed by atoms with Gasteiger partial charge in [-0.05, 0) is 66.8 Å². The molecular weight excluding hydrogens is 485 g/mol. The number of ketones is 1. The van der Waals surface area contributed by atoms with E-state index in [2.05, 4.69) is 20.5 Å². The number of H-pyrrole nitrogens is 2. The molecule has 9 heteroatoms. The fraction of sp³-hybridized carbons (Fsp3) is 0.241. The predicted octanol–water partition coefficient (Wildman–Crippen LogP) is 4.30. The van der Waals surface area contributed by atoms with Gasteiger partial charge in [-0.15, -0.1) is 0 Å². The number of nitrogens with zero attached hydrogens (tertiary/aromatic N) is 2. The zero-order chi connectivity index (χ0) is 27.0. The summed E-state index contributed by atoms with van der Waals surface area (Å²) >= 11 is 0. The normalized spacial score (nSPS) is 15.6. The molecule has 0 bridgehead atoms. The quantitative estimate of drug-likeness (QED) is 0.342. The van der Waals surface area contributed by atoms with E-state index in [4.69, 9.17) is 0 Å². The molecule has 0 spiro atoms. The van der Waals surface area contributed by atoms with Gasteiger partial charge in [-0.3, -0.25) is 19.5 Å². The standard InChI is InChI=1S/C29H28FN5O3/c1-16-10-26(37)32-28(27(16)25(36)13-18-4-7-24-19(12-18)8-9-31-24)20-5-6-23(30)22(14-20)29(38)35(3)15-21-11-17(2)33-34-21/h4-9,11-12,14,28,31H,10,13,15H2,1-3H3,(H,32,37)(H,33,34). The van der Waals surface area contributed by atoms with Crippen LogP contribution < -0.4 is 5.32 Å². The maximum Gasteiger partial charge on any atom is 0.256 e. The first kappa shape index (κ1) is 25.1. The van der Waals surface area contributed by atoms with Gasteiger partial charge in [0.25, 0.3) is 5.91 Å². The van der Waals surface area contributed by atoms with Crippen molar-refractivity contribution in [3.63, 3.8) is 0 Å². The van der Waals surface area contributed by atoms with Gasteiger partial charge in [0.1, 0.15) is 5.82 Å². The van der Waals surface area contributed by atoms with Crippen LogP contribution in [0.5, 0.6) is 0 Å². The van der Waals surface area contributed by atoms with Crippen LogP contribution in [0.3, 0.4) is 0 Å². The van der Waals surface area contributed by atoms with Crippen molar-refractivity contribution in [2.45, 2.75) is 39.3 Å². The van der Waals surface area contributed by atoms with Gasteiger partial charge in [0, 0.05) is 42.9 Å². The smallest absolute Gasteiger partial charge is 0.256 e. The lowest BCUT2D eigenvalue weighted by Gasteiger charge is -2.29. The summed E-state index contributed by atoms with van der Waals surface area (Å²) in [6.45, 7) is 3.82. The minimum Gasteiger partial charge on any atom is -0.361 e. The van der Waals surface area contributed by atoms with E-state index in [-0.39, 0.29) is 36.6 Å². The van der Waals surface area contributed by atoms with Gasteiger partial charge in [-0.2, -0.15) is 5.10 Å². The maximum absolute atomic E-state index is 14.8. The van der Waals surface area contributed by atoms with Crippen LogP contribution in [0, 0.1) is 12.7 Å². The lowest BCUT2D eigenvalue weighted by molar-refractivity contribution is -0.121. The average Bonchev–Trinajstić information content (AvgIpc) is 3.51. The van der Waals surface area contributed by atoms with Crippen LogP contribution in [-0.2, 0) is 22.6 Å². The van der Waals surface area contributed by atoms with E-state index in [1.54, 1.807) is 14.0 Å². The van der Waals surface area contributed by atoms with Gasteiger partial charge >= 0.3 is 0 Å². The zero-order valence-corrected chi connectivity index (χ0v) is 21.4. The minimum atomic E-state index is -0.786. The van der Waals surface area contributed by atoms with E-state index < -0.39 is 17.8 Å². The van der Waals surface area contributed by atoms with Crippen LogP contribution in [-0.4, -0.2) is 44.7 Å². The van der Waals surface area contributed by atoms with E-state index in [0.29, 0.717) is 22.4 Å². The van der Waals surface area contributed by atoms with Crippen molar-refractivity contribution in [2.75, 3.05) is 7.05 Å². The predicted molar refractivity (Wildman–Crippen MR) is 141 cm³/mol. The van der Waals surface area contributed by atoms with Crippen LogP contribution in [0.15, 0.2) is 65.9 Å². The third-order valence-corrected chi connectivity index (χ3v) is 6.82. The second-order valence-corrected chi connectivity index (χ2v) is 9.81. The molecule has 1 atom stereocenters. The molecule has 2 amide bonds. The summed E-state index contributed by atoms with van der Waals surface area (Å²) in [5, 5.41) is 10.8. The van der Waals surface area contributed by atoms with Crippen LogP contribution in [0.25, 0.3) is 10.9 Å². The molecule has 0 radical (unpaired) electrons. The number of hydrogen-bond acceptors (Lipinski definition) is 4. The number of Topliss-reactive ketones (excluding diaryl/α,β-unsaturated/α-hetero) is 1. The number of fused-ring (bicyclic) bond motifs is 1. The number of amides is 2. The molecule has 38 heavy (non-hydrogen) atoms. The third-order valence-electron chi connectivity index (χ3n) is 6.82. The molecule has 4 aromatic rings. The van der Waals surface area contributed by atoms with E-state index >= 15 is 0 Å². The lowest BCUT2D eigenvalue weighted by Crippen LogP contribution is -2.37. The van der Waals surface area contributed by atoms with E-state index in [1.807, 2.05) is 43.5 Å². The van der Waals surface area contributed by atoms with Crippen molar-refractivity contribution in [3.05, 3.63) is 99.8 Å². The van der Waals surface area contributed by atoms with Crippen molar-refractivity contribution in [2.24, 2.45) is 0 Å². The molecule has 2 aromatic heterocycles. The Kier molecular flexibility index (Phi) is 6.67. The third kappa shape index (κ3) is 5.00. The molecule has 5 rings (SSSR count). The summed E-state index contributed by atoms with van der Waals surface area (Å²) in [5.74, 6) is -1.58. The van der Waals surface area contributed by atoms with Crippen LogP contribution in [0.1, 0.15) is 52.3 Å². The minimum absolute atomic E-state index is 0.104. The Morgan fingerprint density at radius 1 is 1.11 bits per heavy atom. The molecule has 8 nitrogen and oxygen atoms in total. The number of aromatic nitrogens is 3. The molecule has 0 saturated carbocycles. The van der Waals surface area contributed by atoms with Gasteiger partial charge < -0.3 is 15.2 Å². The number of aromatic amines is 2. The Balaban J connectivity index is 1.43. The van der Waals surface area contributed by atoms with Crippen molar-refractivity contribution in [3.8, 4) is 0 Å². The number of nitrogens with one attached hydrogen (secondary N) is 3. The lowest BCUT2D eigenvalue weighted by atomic mass is 9.85. The summed E-state index contributed by atoms with van der Waals surface area (Å²) in [4.78, 5) is 43.7. The molecule has 3 heterocycles. The molecule has 3 N–H and O–H groups in total. The first-order chi connectivity index (χ1) is 18.2. The molecular formula is C29H28FN5O3. The molecule has 0 fully saturated rings. The first-order valence-electron chi connectivity index (χ1n) is 12.3. The van der Waals surface area contributed by atoms with Crippen LogP contribution >= 0.6 is 0 Å². The number of hydrogen-bond donors (Lipinski definition) is 3. The molecule has 1 unspecified atom stereocenters. The van der Waals surface area contributed by atoms with Crippen LogP contribution in [0.2, 0.25) is 0 Å². The summed E-state index contributed by atoms with van der Waals surface area (Å²) in [7, 11) is 1.57. The Morgan fingerprint density at radius 3 is 2.68 bits per heavy atom. The zero-order valence-electron chi connectivity index (χ0n) is 21.4. The SMILES string of the molecule is CC1=C(C(=O)Cc2ccc3[nH]ccc3c2)C(c2ccc(F)c(C(=O)N(C)Cc3cc(C)[nH]n3)c2)NC(=O)C1. The van der Waals surface area contributed by atoms with Gasteiger partial charge in [-0.25, -0.2) is 4.39 Å². The topological polar surface area (TPSA) is 111 Å². The average molecular weight is 514 g/mol. The molecule has 194 valence electrons. The molecule has 0 aliphatic carbocycles. The van der Waals surface area contributed by atoms with Crippen molar-refractivity contribution < 1.29 is 18.8 Å². The van der Waals surface area contributed by atoms with E-state index in [0.717, 1.165) is 22.2 Å². The number of halogens is 1. The highest BCUT2D eigenvalue weighted by molar-refractivity contribution is 6.02. The van der Waals surface area contributed by atoms with E-state index in [1.165, 1.54) is 23.1 Å². The summed E-state index contributed by atoms with van der Waals surface area (Å²) in [6.07, 6.45) is 2.10. The highest BCUT2D eigenvalue weighted by atomic mass is 19.1. The fourth-order valence-corrected chi connectivity index (χ4v) is 4.97. The maximum atomic E-state index is 14.8. The Morgan fingerprint density at radius 2 is 1.92 bits per heavy atom. The fourth-order valence-electron chi connectivity index (χ4n) is 4.97. The molecule has 1 aliphatic rings. The number of carbonyl (C=O) groups excluding carboxylic acids is 3. The summed E-state index contributed by atoms with van der Waals surface area (Å²) < 4.78 is 14.8. The number of aryl methyl sites for hydroxylation is 1. The van der Waals surface area contributed by atoms with Crippen molar-refractivity contribution in [1.29, 1.82) is 0 Å². The number of rotatable bonds is 7. The number of benzene rings is 2. The second kappa shape index (κ2) is 10.1. The molecule has 0 saturated heterocycles. The highest BCUT2D eigenvalue weighted by Gasteiger charge is 2.32. The number of carbonyl (C=O) groups is 3. The Labute approximate surface area is 218 Å². The monoisotopic (exact) mass is 513 g/mol. The van der Waals surface area contributed by atoms with Gasteiger partial charge in [0.05, 0.1) is 23.8 Å². The Bertz CT molecular complexity index is 1600. The largest absolute Gasteiger partial charge is 0.361 e. The van der Waals surface area contributed by atoms with Crippen molar-refractivity contribution >= 4 is 28.5 Å². The molecule has 1 aliphatic heterocycles. The molecule has 2 aromatic carbocycles. The van der Waals surface area contributed by atoms with Gasteiger partial charge in [-0.1, -0.05) is 17.7 Å². The van der Waals surface area contributed by atoms with Crippen LogP contribution in [0.4, 0.5) is 4.39 Å². The van der Waals surface area contributed by atoms with Gasteiger partial charge in [0.15, 0.2) is 5.78 Å². The van der Waals surface area contributed by atoms with Crippen molar-refractivity contribution in [1.82, 2.24) is 25.4 Å². The summed E-state index contributed by atoms with van der Waals surface area (Å²) in [6, 6.07) is 12.9. The second-order valence-electron chi connectivity index (χ2n) is 9.81. The first-order valence-corrected chi connectivity index (χ1v) is 12.3. The highest BCUT2D eigenvalue weighted by Crippen LogP contribution is 2.32. The van der Waals surface area contributed by atoms with Gasteiger partial charge in [0.2, 0.25) is 5.91 Å². The van der Waals surface area contributed by atoms with E-state index in [9.17, 15) is 18.8 Å². The summed E-state index contributed by atoms with van der Waals surface area (Å²) in [5.41, 5.74) is 4.79.